The summed E-state index contributed by atoms with van der Waals surface area (Å²) in [5.41, 5.74) is 2.45. The lowest BCUT2D eigenvalue weighted by molar-refractivity contribution is -0.134. The van der Waals surface area contributed by atoms with Crippen LogP contribution in [0, 0.1) is 0 Å². The van der Waals surface area contributed by atoms with Crippen molar-refractivity contribution in [1.82, 2.24) is 25.8 Å². The minimum absolute atomic E-state index is 0.0564. The van der Waals surface area contributed by atoms with Gasteiger partial charge in [0.25, 0.3) is 0 Å². The van der Waals surface area contributed by atoms with Gasteiger partial charge in [-0.2, -0.15) is 0 Å². The van der Waals surface area contributed by atoms with Crippen LogP contribution in [0.3, 0.4) is 0 Å². The Morgan fingerprint density at radius 3 is 2.63 bits per heavy atom. The Morgan fingerprint density at radius 2 is 1.93 bits per heavy atom. The largest absolute Gasteiger partial charge is 0.354 e. The third kappa shape index (κ3) is 5.72. The van der Waals surface area contributed by atoms with E-state index in [1.54, 1.807) is 4.90 Å². The van der Waals surface area contributed by atoms with Gasteiger partial charge in [0.05, 0.1) is 12.5 Å². The Balaban J connectivity index is 1.57. The fourth-order valence-corrected chi connectivity index (χ4v) is 3.85. The highest BCUT2D eigenvalue weighted by Gasteiger charge is 2.31. The van der Waals surface area contributed by atoms with Gasteiger partial charge in [0.1, 0.15) is 0 Å². The molecule has 0 aliphatic carbocycles. The minimum atomic E-state index is -0.493. The number of hydrogen-bond acceptors (Lipinski definition) is 4. The van der Waals surface area contributed by atoms with Crippen molar-refractivity contribution >= 4 is 17.8 Å². The molecule has 0 radical (unpaired) electrons. The second-order valence-electron chi connectivity index (χ2n) is 9.00. The molecule has 0 spiro atoms. The predicted molar refractivity (Wildman–Crippen MR) is 115 cm³/mol. The third-order valence-corrected chi connectivity index (χ3v) is 5.65. The van der Waals surface area contributed by atoms with E-state index in [1.807, 2.05) is 0 Å². The number of nitrogens with one attached hydrogen (secondary N) is 3. The number of nitrogens with zero attached hydrogens (tertiary/aromatic N) is 2. The number of hydrogen-bond donors (Lipinski definition) is 3. The molecule has 1 aromatic rings. The van der Waals surface area contributed by atoms with Gasteiger partial charge in [-0.05, 0) is 16.5 Å². The van der Waals surface area contributed by atoms with Crippen LogP contribution in [0.5, 0.6) is 0 Å². The number of rotatable bonds is 7. The standard InChI is InChI=1S/C22H33N5O3/c1-22(2,3)17-6-4-5-16(13-17)15-27-12-8-24-20(29)18(27)14-19(28)23-7-10-26-11-9-25-21(26)30/h4-6,13,18H,7-12,14-15H2,1-3H3,(H,23,28)(H,24,29)(H,25,30)/t18-/m0/s1. The first-order valence-corrected chi connectivity index (χ1v) is 10.6. The van der Waals surface area contributed by atoms with Gasteiger partial charge in [-0.15, -0.1) is 0 Å². The van der Waals surface area contributed by atoms with Gasteiger partial charge >= 0.3 is 6.03 Å². The highest BCUT2D eigenvalue weighted by Crippen LogP contribution is 2.24. The van der Waals surface area contributed by atoms with Crippen molar-refractivity contribution in [2.75, 3.05) is 39.3 Å². The Kier molecular flexibility index (Phi) is 6.97. The second kappa shape index (κ2) is 9.47. The molecule has 3 rings (SSSR count). The van der Waals surface area contributed by atoms with E-state index in [1.165, 1.54) is 5.56 Å². The van der Waals surface area contributed by atoms with Crippen LogP contribution in [0.2, 0.25) is 0 Å². The highest BCUT2D eigenvalue weighted by molar-refractivity contribution is 5.88. The van der Waals surface area contributed by atoms with Crippen LogP contribution in [0.1, 0.15) is 38.3 Å². The van der Waals surface area contributed by atoms with Crippen molar-refractivity contribution in [3.63, 3.8) is 0 Å². The molecule has 30 heavy (non-hydrogen) atoms. The zero-order chi connectivity index (χ0) is 21.7. The van der Waals surface area contributed by atoms with Crippen molar-refractivity contribution in [2.45, 2.75) is 45.2 Å². The van der Waals surface area contributed by atoms with E-state index in [0.29, 0.717) is 45.8 Å². The van der Waals surface area contributed by atoms with Gasteiger partial charge in [-0.3, -0.25) is 14.5 Å². The van der Waals surface area contributed by atoms with Crippen LogP contribution in [0.15, 0.2) is 24.3 Å². The number of urea groups is 1. The van der Waals surface area contributed by atoms with Gasteiger partial charge in [-0.25, -0.2) is 4.79 Å². The summed E-state index contributed by atoms with van der Waals surface area (Å²) in [5, 5.41) is 8.45. The average Bonchev–Trinajstić information content (AvgIpc) is 3.09. The molecule has 2 fully saturated rings. The monoisotopic (exact) mass is 415 g/mol. The van der Waals surface area contributed by atoms with Crippen LogP contribution >= 0.6 is 0 Å². The maximum absolute atomic E-state index is 12.5. The highest BCUT2D eigenvalue weighted by atomic mass is 16.2. The molecule has 2 aliphatic rings. The first-order chi connectivity index (χ1) is 14.2. The fraction of sp³-hybridized carbons (Fsp3) is 0.591. The smallest absolute Gasteiger partial charge is 0.317 e. The molecule has 0 unspecified atom stereocenters. The van der Waals surface area contributed by atoms with Crippen molar-refractivity contribution in [3.05, 3.63) is 35.4 Å². The van der Waals surface area contributed by atoms with E-state index in [2.05, 4.69) is 65.9 Å². The fourth-order valence-electron chi connectivity index (χ4n) is 3.85. The Labute approximate surface area is 178 Å². The summed E-state index contributed by atoms with van der Waals surface area (Å²) < 4.78 is 0. The zero-order valence-electron chi connectivity index (χ0n) is 18.2. The Bertz CT molecular complexity index is 789. The lowest BCUT2D eigenvalue weighted by Gasteiger charge is -2.35. The van der Waals surface area contributed by atoms with E-state index >= 15 is 0 Å². The van der Waals surface area contributed by atoms with Gasteiger partial charge in [0, 0.05) is 45.8 Å². The van der Waals surface area contributed by atoms with Gasteiger partial charge < -0.3 is 20.9 Å². The topological polar surface area (TPSA) is 93.8 Å². The Morgan fingerprint density at radius 1 is 1.17 bits per heavy atom. The maximum atomic E-state index is 12.5. The summed E-state index contributed by atoms with van der Waals surface area (Å²) in [6.45, 7) is 10.6. The Hall–Kier alpha value is -2.61. The van der Waals surface area contributed by atoms with Crippen molar-refractivity contribution in [2.24, 2.45) is 0 Å². The lowest BCUT2D eigenvalue weighted by atomic mass is 9.86. The number of benzene rings is 1. The first kappa shape index (κ1) is 22.1. The van der Waals surface area contributed by atoms with Crippen LogP contribution in [0.4, 0.5) is 4.79 Å². The summed E-state index contributed by atoms with van der Waals surface area (Å²) in [4.78, 5) is 40.2. The van der Waals surface area contributed by atoms with E-state index in [-0.39, 0.29) is 29.7 Å². The molecule has 0 aromatic heterocycles. The molecule has 164 valence electrons. The average molecular weight is 416 g/mol. The number of amides is 4. The summed E-state index contributed by atoms with van der Waals surface area (Å²) in [7, 11) is 0. The molecular weight excluding hydrogens is 382 g/mol. The molecular formula is C22H33N5O3. The molecule has 3 N–H and O–H groups in total. The molecule has 0 saturated carbocycles. The van der Waals surface area contributed by atoms with Crippen LogP contribution in [-0.4, -0.2) is 73.0 Å². The predicted octanol–water partition coefficient (Wildman–Crippen LogP) is 0.816. The summed E-state index contributed by atoms with van der Waals surface area (Å²) in [6.07, 6.45) is 0.108. The molecule has 1 aromatic carbocycles. The minimum Gasteiger partial charge on any atom is -0.354 e. The van der Waals surface area contributed by atoms with Crippen molar-refractivity contribution in [3.8, 4) is 0 Å². The number of carbonyl (C=O) groups is 3. The molecule has 2 saturated heterocycles. The van der Waals surface area contributed by atoms with Crippen LogP contribution in [0.25, 0.3) is 0 Å². The summed E-state index contributed by atoms with van der Waals surface area (Å²) in [6, 6.07) is 7.84. The van der Waals surface area contributed by atoms with E-state index in [9.17, 15) is 14.4 Å². The molecule has 2 aliphatic heterocycles. The van der Waals surface area contributed by atoms with Crippen molar-refractivity contribution < 1.29 is 14.4 Å². The van der Waals surface area contributed by atoms with Gasteiger partial charge in [-0.1, -0.05) is 45.0 Å². The molecule has 4 amide bonds. The van der Waals surface area contributed by atoms with E-state index in [0.717, 1.165) is 5.56 Å². The quantitative estimate of drug-likeness (QED) is 0.615. The molecule has 8 heteroatoms. The third-order valence-electron chi connectivity index (χ3n) is 5.65. The molecule has 0 bridgehead atoms. The van der Waals surface area contributed by atoms with Gasteiger partial charge in [0.15, 0.2) is 0 Å². The second-order valence-corrected chi connectivity index (χ2v) is 9.00. The normalized spacial score (nSPS) is 20.1. The number of carbonyl (C=O) groups excluding carboxylic acids is 3. The van der Waals surface area contributed by atoms with E-state index < -0.39 is 6.04 Å². The van der Waals surface area contributed by atoms with Gasteiger partial charge in [0.2, 0.25) is 11.8 Å². The summed E-state index contributed by atoms with van der Waals surface area (Å²) >= 11 is 0. The molecule has 8 nitrogen and oxygen atoms in total. The number of piperazine rings is 1. The SMILES string of the molecule is CC(C)(C)c1cccc(CN2CCNC(=O)[C@@H]2CC(=O)NCCN2CCNC2=O)c1. The lowest BCUT2D eigenvalue weighted by Crippen LogP contribution is -2.56. The van der Waals surface area contributed by atoms with Crippen LogP contribution in [-0.2, 0) is 21.5 Å². The van der Waals surface area contributed by atoms with Crippen molar-refractivity contribution in [1.29, 1.82) is 0 Å². The first-order valence-electron chi connectivity index (χ1n) is 10.6. The molecule has 2 heterocycles. The van der Waals surface area contributed by atoms with E-state index in [4.69, 9.17) is 0 Å². The maximum Gasteiger partial charge on any atom is 0.317 e. The zero-order valence-corrected chi connectivity index (χ0v) is 18.2. The summed E-state index contributed by atoms with van der Waals surface area (Å²) in [5.74, 6) is -0.285. The molecule has 1 atom stereocenters. The van der Waals surface area contributed by atoms with Crippen LogP contribution < -0.4 is 16.0 Å².